The van der Waals surface area contributed by atoms with Crippen molar-refractivity contribution in [3.8, 4) is 5.82 Å². The van der Waals surface area contributed by atoms with E-state index in [1.54, 1.807) is 12.4 Å². The normalized spacial score (nSPS) is 21.5. The number of hydrogen-bond acceptors (Lipinski definition) is 4. The molecule has 6 nitrogen and oxygen atoms in total. The first-order valence-corrected chi connectivity index (χ1v) is 8.83. The summed E-state index contributed by atoms with van der Waals surface area (Å²) in [5.74, 6) is 2.59. The van der Waals surface area contributed by atoms with E-state index in [0.29, 0.717) is 5.91 Å². The lowest BCUT2D eigenvalue weighted by Gasteiger charge is -2.37. The van der Waals surface area contributed by atoms with Crippen molar-refractivity contribution >= 4 is 5.91 Å². The second-order valence-corrected chi connectivity index (χ2v) is 6.90. The predicted molar refractivity (Wildman–Crippen MR) is 89.8 cm³/mol. The fourth-order valence-corrected chi connectivity index (χ4v) is 3.64. The maximum absolute atomic E-state index is 12.5. The molecule has 1 saturated carbocycles. The minimum Gasteiger partial charge on any atom is -0.342 e. The molecule has 4 rings (SSSR count). The molecule has 1 aliphatic carbocycles. The van der Waals surface area contributed by atoms with Crippen LogP contribution in [0.2, 0.25) is 0 Å². The van der Waals surface area contributed by atoms with Crippen LogP contribution in [0.4, 0.5) is 0 Å². The molecule has 0 bridgehead atoms. The summed E-state index contributed by atoms with van der Waals surface area (Å²) in [6.07, 6.45) is 12.7. The zero-order chi connectivity index (χ0) is 16.5. The fourth-order valence-electron chi connectivity index (χ4n) is 3.64. The maximum Gasteiger partial charge on any atom is 0.225 e. The third-order valence-corrected chi connectivity index (χ3v) is 5.32. The summed E-state index contributed by atoms with van der Waals surface area (Å²) in [7, 11) is 0. The molecule has 1 amide bonds. The number of amides is 1. The van der Waals surface area contributed by atoms with Crippen molar-refractivity contribution in [2.45, 2.75) is 44.9 Å². The van der Waals surface area contributed by atoms with Crippen molar-refractivity contribution in [1.82, 2.24) is 24.4 Å². The summed E-state index contributed by atoms with van der Waals surface area (Å²) in [6.45, 7) is 3.62. The van der Waals surface area contributed by atoms with Gasteiger partial charge in [0.1, 0.15) is 5.82 Å². The Bertz CT molecular complexity index is 737. The Morgan fingerprint density at radius 1 is 1.21 bits per heavy atom. The minimum atomic E-state index is 0.273. The monoisotopic (exact) mass is 325 g/mol. The zero-order valence-corrected chi connectivity index (χ0v) is 14.1. The quantitative estimate of drug-likeness (QED) is 0.869. The molecule has 1 aliphatic heterocycles. The van der Waals surface area contributed by atoms with Gasteiger partial charge in [0.25, 0.3) is 0 Å². The third kappa shape index (κ3) is 2.81. The van der Waals surface area contributed by atoms with Crippen molar-refractivity contribution in [3.05, 3.63) is 36.3 Å². The second-order valence-electron chi connectivity index (χ2n) is 6.90. The topological polar surface area (TPSA) is 63.9 Å². The molecule has 0 spiro atoms. The molecule has 24 heavy (non-hydrogen) atoms. The second kappa shape index (κ2) is 6.34. The number of rotatable bonds is 3. The number of carbonyl (C=O) groups excluding carboxylic acids is 1. The highest BCUT2D eigenvalue weighted by atomic mass is 16.2. The predicted octanol–water partition coefficient (Wildman–Crippen LogP) is 2.48. The third-order valence-electron chi connectivity index (χ3n) is 5.32. The van der Waals surface area contributed by atoms with Gasteiger partial charge in [-0.25, -0.2) is 9.97 Å². The average molecular weight is 325 g/mol. The number of hydrogen-bond donors (Lipinski definition) is 0. The van der Waals surface area contributed by atoms with Gasteiger partial charge in [-0.05, 0) is 32.6 Å². The lowest BCUT2D eigenvalue weighted by molar-refractivity contribution is -0.139. The molecule has 0 unspecified atom stereocenters. The van der Waals surface area contributed by atoms with Gasteiger partial charge in [0, 0.05) is 43.5 Å². The Labute approximate surface area is 141 Å². The Kier molecular flexibility index (Phi) is 4.04. The Morgan fingerprint density at radius 3 is 2.79 bits per heavy atom. The van der Waals surface area contributed by atoms with Crippen LogP contribution in [0.5, 0.6) is 0 Å². The number of carbonyl (C=O) groups is 1. The molecule has 1 atom stereocenters. The van der Waals surface area contributed by atoms with E-state index in [1.807, 2.05) is 23.9 Å². The Morgan fingerprint density at radius 2 is 2.08 bits per heavy atom. The molecule has 2 aromatic heterocycles. The van der Waals surface area contributed by atoms with Crippen LogP contribution in [-0.2, 0) is 4.79 Å². The van der Waals surface area contributed by atoms with Crippen LogP contribution in [0, 0.1) is 12.8 Å². The van der Waals surface area contributed by atoms with E-state index in [1.165, 1.54) is 6.42 Å². The number of likely N-dealkylation sites (tertiary alicyclic amines) is 1. The Hall–Kier alpha value is -2.24. The summed E-state index contributed by atoms with van der Waals surface area (Å²) in [5.41, 5.74) is 0.978. The SMILES string of the molecule is Cc1nccn1-c1cncc([C@@H]2CCCN(C(=O)C3CCC3)C2)n1. The maximum atomic E-state index is 12.5. The molecule has 0 aromatic carbocycles. The van der Waals surface area contributed by atoms with Crippen LogP contribution >= 0.6 is 0 Å². The van der Waals surface area contributed by atoms with Gasteiger partial charge in [-0.1, -0.05) is 6.42 Å². The molecule has 3 heterocycles. The highest BCUT2D eigenvalue weighted by Gasteiger charge is 2.33. The molecular formula is C18H23N5O. The number of nitrogens with zero attached hydrogens (tertiary/aromatic N) is 5. The van der Waals surface area contributed by atoms with Gasteiger partial charge < -0.3 is 4.90 Å². The molecule has 2 aromatic rings. The highest BCUT2D eigenvalue weighted by Crippen LogP contribution is 2.32. The van der Waals surface area contributed by atoms with Crippen LogP contribution in [0.3, 0.4) is 0 Å². The number of imidazole rings is 1. The average Bonchev–Trinajstić information content (AvgIpc) is 2.99. The standard InChI is InChI=1S/C18H23N5O/c1-13-20-7-9-23(13)17-11-19-10-16(21-17)15-6-3-8-22(12-15)18(24)14-4-2-5-14/h7,9-11,14-15H,2-6,8,12H2,1H3/t15-/m1/s1. The molecule has 1 saturated heterocycles. The summed E-state index contributed by atoms with van der Waals surface area (Å²) in [4.78, 5) is 28.0. The van der Waals surface area contributed by atoms with Crippen LogP contribution in [-0.4, -0.2) is 43.4 Å². The summed E-state index contributed by atoms with van der Waals surface area (Å²) in [6, 6.07) is 0. The molecule has 2 fully saturated rings. The lowest BCUT2D eigenvalue weighted by atomic mass is 9.83. The largest absolute Gasteiger partial charge is 0.342 e. The molecular weight excluding hydrogens is 302 g/mol. The van der Waals surface area contributed by atoms with E-state index in [2.05, 4.69) is 14.9 Å². The number of aromatic nitrogens is 4. The summed E-state index contributed by atoms with van der Waals surface area (Å²) in [5, 5.41) is 0. The van der Waals surface area contributed by atoms with Gasteiger partial charge in [0.2, 0.25) is 5.91 Å². The van der Waals surface area contributed by atoms with E-state index in [9.17, 15) is 4.79 Å². The number of piperidine rings is 1. The van der Waals surface area contributed by atoms with E-state index in [0.717, 1.165) is 56.1 Å². The summed E-state index contributed by atoms with van der Waals surface area (Å²) < 4.78 is 1.94. The van der Waals surface area contributed by atoms with Crippen molar-refractivity contribution in [2.75, 3.05) is 13.1 Å². The first kappa shape index (κ1) is 15.3. The molecule has 0 N–H and O–H groups in total. The van der Waals surface area contributed by atoms with Gasteiger partial charge in [0.15, 0.2) is 5.82 Å². The van der Waals surface area contributed by atoms with Crippen molar-refractivity contribution < 1.29 is 4.79 Å². The fraction of sp³-hybridized carbons (Fsp3) is 0.556. The van der Waals surface area contributed by atoms with Gasteiger partial charge >= 0.3 is 0 Å². The van der Waals surface area contributed by atoms with Gasteiger partial charge in [-0.3, -0.25) is 14.3 Å². The van der Waals surface area contributed by atoms with Gasteiger partial charge in [0.05, 0.1) is 11.9 Å². The molecule has 0 radical (unpaired) electrons. The van der Waals surface area contributed by atoms with Crippen LogP contribution in [0.15, 0.2) is 24.8 Å². The van der Waals surface area contributed by atoms with E-state index < -0.39 is 0 Å². The molecule has 6 heteroatoms. The van der Waals surface area contributed by atoms with Crippen molar-refractivity contribution in [2.24, 2.45) is 5.92 Å². The smallest absolute Gasteiger partial charge is 0.225 e. The highest BCUT2D eigenvalue weighted by molar-refractivity contribution is 5.79. The molecule has 126 valence electrons. The molecule has 2 aliphatic rings. The Balaban J connectivity index is 1.53. The van der Waals surface area contributed by atoms with Crippen LogP contribution in [0.25, 0.3) is 5.82 Å². The first-order chi connectivity index (χ1) is 11.7. The first-order valence-electron chi connectivity index (χ1n) is 8.83. The van der Waals surface area contributed by atoms with Crippen molar-refractivity contribution in [3.63, 3.8) is 0 Å². The van der Waals surface area contributed by atoms with Gasteiger partial charge in [-0.15, -0.1) is 0 Å². The van der Waals surface area contributed by atoms with E-state index in [4.69, 9.17) is 4.98 Å². The lowest BCUT2D eigenvalue weighted by Crippen LogP contribution is -2.44. The van der Waals surface area contributed by atoms with E-state index in [-0.39, 0.29) is 11.8 Å². The summed E-state index contributed by atoms with van der Waals surface area (Å²) >= 11 is 0. The van der Waals surface area contributed by atoms with Crippen LogP contribution in [0.1, 0.15) is 49.5 Å². The van der Waals surface area contributed by atoms with Crippen LogP contribution < -0.4 is 0 Å². The number of aryl methyl sites for hydroxylation is 1. The zero-order valence-electron chi connectivity index (χ0n) is 14.1. The van der Waals surface area contributed by atoms with Gasteiger partial charge in [-0.2, -0.15) is 0 Å². The van der Waals surface area contributed by atoms with Crippen molar-refractivity contribution in [1.29, 1.82) is 0 Å². The minimum absolute atomic E-state index is 0.273. The van der Waals surface area contributed by atoms with E-state index >= 15 is 0 Å².